The Morgan fingerprint density at radius 1 is 1.44 bits per heavy atom. The highest BCUT2D eigenvalue weighted by Crippen LogP contribution is 2.24. The second-order valence-electron chi connectivity index (χ2n) is 3.62. The molecule has 0 atom stereocenters. The van der Waals surface area contributed by atoms with Crippen LogP contribution < -0.4 is 0 Å². The first-order valence-corrected chi connectivity index (χ1v) is 6.77. The Balaban J connectivity index is 0.000000606. The van der Waals surface area contributed by atoms with E-state index < -0.39 is 0 Å². The van der Waals surface area contributed by atoms with Crippen LogP contribution in [0.1, 0.15) is 29.4 Å². The molecule has 1 aromatic heterocycles. The summed E-state index contributed by atoms with van der Waals surface area (Å²) in [5.74, 6) is 0. The van der Waals surface area contributed by atoms with Crippen molar-refractivity contribution >= 4 is 11.3 Å². The number of nitrogens with zero attached hydrogens (tertiary/aromatic N) is 2. The van der Waals surface area contributed by atoms with Crippen LogP contribution in [-0.4, -0.2) is 36.7 Å². The van der Waals surface area contributed by atoms with Gasteiger partial charge in [-0.15, -0.1) is 11.3 Å². The Hall–Kier alpha value is -0.450. The van der Waals surface area contributed by atoms with E-state index >= 15 is 0 Å². The Morgan fingerprint density at radius 3 is 2.88 bits per heavy atom. The molecule has 3 nitrogen and oxygen atoms in total. The second-order valence-corrected chi connectivity index (χ2v) is 4.91. The number of thiazole rings is 1. The highest BCUT2D eigenvalue weighted by Gasteiger charge is 2.18. The lowest BCUT2D eigenvalue weighted by atomic mass is 10.2. The minimum absolute atomic E-state index is 0.827. The van der Waals surface area contributed by atoms with Crippen molar-refractivity contribution in [1.82, 2.24) is 9.88 Å². The van der Waals surface area contributed by atoms with Crippen LogP contribution in [0.15, 0.2) is 0 Å². The van der Waals surface area contributed by atoms with Crippen LogP contribution in [0.3, 0.4) is 0 Å². The molecule has 0 amide bonds. The van der Waals surface area contributed by atoms with Crippen LogP contribution in [0.5, 0.6) is 0 Å². The van der Waals surface area contributed by atoms with E-state index in [1.54, 1.807) is 7.11 Å². The fraction of sp³-hybridized carbons (Fsp3) is 0.750. The third-order valence-electron chi connectivity index (χ3n) is 2.53. The highest BCUT2D eigenvalue weighted by atomic mass is 32.1. The SMILES string of the molecule is CC.COCCN1CCc2nc(C)sc2C1. The summed E-state index contributed by atoms with van der Waals surface area (Å²) in [6.45, 7) is 10.1. The van der Waals surface area contributed by atoms with Crippen LogP contribution in [-0.2, 0) is 17.7 Å². The molecule has 0 saturated carbocycles. The average Bonchev–Trinajstić information content (AvgIpc) is 2.68. The Bertz CT molecular complexity index is 312. The number of hydrogen-bond acceptors (Lipinski definition) is 4. The molecule has 0 fully saturated rings. The maximum atomic E-state index is 5.08. The first-order chi connectivity index (χ1) is 7.79. The lowest BCUT2D eigenvalue weighted by Crippen LogP contribution is -2.32. The van der Waals surface area contributed by atoms with Gasteiger partial charge < -0.3 is 4.74 Å². The largest absolute Gasteiger partial charge is 0.383 e. The van der Waals surface area contributed by atoms with Crippen LogP contribution in [0.2, 0.25) is 0 Å². The molecule has 0 bridgehead atoms. The summed E-state index contributed by atoms with van der Waals surface area (Å²) in [7, 11) is 1.76. The van der Waals surface area contributed by atoms with Crippen LogP contribution in [0.25, 0.3) is 0 Å². The van der Waals surface area contributed by atoms with Crippen molar-refractivity contribution in [1.29, 1.82) is 0 Å². The van der Waals surface area contributed by atoms with E-state index in [0.29, 0.717) is 0 Å². The predicted octanol–water partition coefficient (Wildman–Crippen LogP) is 2.48. The summed E-state index contributed by atoms with van der Waals surface area (Å²) in [6.07, 6.45) is 1.10. The van der Waals surface area contributed by atoms with E-state index in [1.165, 1.54) is 15.6 Å². The standard InChI is InChI=1S/C10H16N2OS.C2H6/c1-8-11-9-3-4-12(5-6-13-2)7-10(9)14-8;1-2/h3-7H2,1-2H3;1-2H3. The van der Waals surface area contributed by atoms with Crippen molar-refractivity contribution in [2.75, 3.05) is 26.8 Å². The van der Waals surface area contributed by atoms with Gasteiger partial charge in [0.1, 0.15) is 0 Å². The maximum absolute atomic E-state index is 5.08. The van der Waals surface area contributed by atoms with Crippen LogP contribution in [0, 0.1) is 6.92 Å². The molecule has 0 aromatic carbocycles. The molecule has 0 saturated heterocycles. The summed E-state index contributed by atoms with van der Waals surface area (Å²) in [6, 6.07) is 0. The van der Waals surface area contributed by atoms with Gasteiger partial charge in [-0.05, 0) is 6.92 Å². The van der Waals surface area contributed by atoms with Gasteiger partial charge in [-0.2, -0.15) is 0 Å². The number of aryl methyl sites for hydroxylation is 1. The summed E-state index contributed by atoms with van der Waals surface area (Å²) in [5.41, 5.74) is 1.32. The summed E-state index contributed by atoms with van der Waals surface area (Å²) in [5, 5.41) is 1.20. The number of hydrogen-bond donors (Lipinski definition) is 0. The maximum Gasteiger partial charge on any atom is 0.0900 e. The van der Waals surface area contributed by atoms with Gasteiger partial charge in [-0.1, -0.05) is 13.8 Å². The van der Waals surface area contributed by atoms with Gasteiger partial charge in [-0.3, -0.25) is 4.90 Å². The lowest BCUT2D eigenvalue weighted by molar-refractivity contribution is 0.141. The molecule has 1 aliphatic rings. The molecule has 4 heteroatoms. The molecule has 0 radical (unpaired) electrons. The first-order valence-electron chi connectivity index (χ1n) is 5.96. The van der Waals surface area contributed by atoms with E-state index in [2.05, 4.69) is 16.8 Å². The Morgan fingerprint density at radius 2 is 2.19 bits per heavy atom. The van der Waals surface area contributed by atoms with Gasteiger partial charge >= 0.3 is 0 Å². The van der Waals surface area contributed by atoms with E-state index in [-0.39, 0.29) is 0 Å². The molecule has 0 unspecified atom stereocenters. The molecule has 92 valence electrons. The smallest absolute Gasteiger partial charge is 0.0900 e. The highest BCUT2D eigenvalue weighted by molar-refractivity contribution is 7.11. The quantitative estimate of drug-likeness (QED) is 0.814. The summed E-state index contributed by atoms with van der Waals surface area (Å²) < 4.78 is 5.08. The molecule has 0 aliphatic carbocycles. The van der Waals surface area contributed by atoms with Crippen molar-refractivity contribution in [2.45, 2.75) is 33.7 Å². The fourth-order valence-electron chi connectivity index (χ4n) is 1.79. The normalized spacial score (nSPS) is 15.2. The third-order valence-corrected chi connectivity index (χ3v) is 3.53. The molecule has 0 spiro atoms. The molecule has 16 heavy (non-hydrogen) atoms. The van der Waals surface area contributed by atoms with Gasteiger partial charge in [0.15, 0.2) is 0 Å². The minimum atomic E-state index is 0.827. The van der Waals surface area contributed by atoms with Gasteiger partial charge in [0, 0.05) is 38.0 Å². The van der Waals surface area contributed by atoms with Crippen LogP contribution >= 0.6 is 11.3 Å². The number of rotatable bonds is 3. The number of ether oxygens (including phenoxy) is 1. The number of fused-ring (bicyclic) bond motifs is 1. The summed E-state index contributed by atoms with van der Waals surface area (Å²) >= 11 is 1.83. The zero-order valence-corrected chi connectivity index (χ0v) is 11.6. The fourth-order valence-corrected chi connectivity index (χ4v) is 2.81. The third kappa shape index (κ3) is 3.54. The van der Waals surface area contributed by atoms with Gasteiger partial charge in [0.2, 0.25) is 0 Å². The summed E-state index contributed by atoms with van der Waals surface area (Å²) in [4.78, 5) is 8.41. The predicted molar refractivity (Wildman–Crippen MR) is 69.1 cm³/mol. The Labute approximate surface area is 102 Å². The van der Waals surface area contributed by atoms with Crippen molar-refractivity contribution in [3.63, 3.8) is 0 Å². The molecule has 1 aromatic rings. The van der Waals surface area contributed by atoms with Crippen molar-refractivity contribution < 1.29 is 4.74 Å². The molecule has 2 heterocycles. The van der Waals surface area contributed by atoms with Crippen molar-refractivity contribution in [2.24, 2.45) is 0 Å². The Kier molecular flexibility index (Phi) is 5.95. The molecule has 0 N–H and O–H groups in total. The first kappa shape index (κ1) is 13.6. The number of methoxy groups -OCH3 is 1. The van der Waals surface area contributed by atoms with Gasteiger partial charge in [-0.25, -0.2) is 4.98 Å². The number of aromatic nitrogens is 1. The minimum Gasteiger partial charge on any atom is -0.383 e. The van der Waals surface area contributed by atoms with Crippen molar-refractivity contribution in [3.05, 3.63) is 15.6 Å². The zero-order chi connectivity index (χ0) is 12.0. The molecular weight excluding hydrogens is 220 g/mol. The van der Waals surface area contributed by atoms with Crippen molar-refractivity contribution in [3.8, 4) is 0 Å². The van der Waals surface area contributed by atoms with E-state index in [1.807, 2.05) is 25.2 Å². The molecule has 2 rings (SSSR count). The zero-order valence-electron chi connectivity index (χ0n) is 10.7. The average molecular weight is 242 g/mol. The second kappa shape index (κ2) is 6.99. The topological polar surface area (TPSA) is 25.4 Å². The van der Waals surface area contributed by atoms with Gasteiger partial charge in [0.25, 0.3) is 0 Å². The van der Waals surface area contributed by atoms with E-state index in [9.17, 15) is 0 Å². The van der Waals surface area contributed by atoms with Crippen LogP contribution in [0.4, 0.5) is 0 Å². The van der Waals surface area contributed by atoms with E-state index in [4.69, 9.17) is 4.74 Å². The van der Waals surface area contributed by atoms with E-state index in [0.717, 1.165) is 32.7 Å². The lowest BCUT2D eigenvalue weighted by Gasteiger charge is -2.25. The molecular formula is C12H22N2OS. The van der Waals surface area contributed by atoms with Gasteiger partial charge in [0.05, 0.1) is 17.3 Å². The molecule has 1 aliphatic heterocycles. The monoisotopic (exact) mass is 242 g/mol.